The van der Waals surface area contributed by atoms with Crippen LogP contribution < -0.4 is 4.90 Å². The molecule has 0 saturated carbocycles. The maximum Gasteiger partial charge on any atom is 0.327 e. The summed E-state index contributed by atoms with van der Waals surface area (Å²) in [5, 5.41) is 9.06. The number of hydrogen-bond acceptors (Lipinski definition) is 4. The van der Waals surface area contributed by atoms with Crippen molar-refractivity contribution in [2.75, 3.05) is 30.6 Å². The highest BCUT2D eigenvalue weighted by Crippen LogP contribution is 2.21. The first-order valence-electron chi connectivity index (χ1n) is 6.55. The van der Waals surface area contributed by atoms with Crippen molar-refractivity contribution in [3.05, 3.63) is 35.9 Å². The van der Waals surface area contributed by atoms with E-state index in [1.54, 1.807) is 6.08 Å². The molecule has 1 fully saturated rings. The molecule has 0 radical (unpaired) electrons. The first-order valence-corrected chi connectivity index (χ1v) is 7.71. The molecule has 5 nitrogen and oxygen atoms in total. The quantitative estimate of drug-likeness (QED) is 0.859. The molecule has 0 aromatic heterocycles. The molecule has 1 aliphatic heterocycles. The first kappa shape index (κ1) is 15.4. The van der Waals surface area contributed by atoms with Crippen LogP contribution in [0.2, 0.25) is 0 Å². The normalized spacial score (nSPS) is 18.2. The maximum absolute atomic E-state index is 12.1. The van der Waals surface area contributed by atoms with Gasteiger partial charge in [-0.3, -0.25) is 4.79 Å². The van der Waals surface area contributed by atoms with E-state index in [1.165, 1.54) is 22.7 Å². The van der Waals surface area contributed by atoms with E-state index in [0.717, 1.165) is 11.3 Å². The molecule has 112 valence electrons. The van der Waals surface area contributed by atoms with Gasteiger partial charge < -0.3 is 14.9 Å². The molecular formula is C15H18N2O3S. The van der Waals surface area contributed by atoms with E-state index >= 15 is 0 Å². The molecule has 6 heteroatoms. The van der Waals surface area contributed by atoms with Gasteiger partial charge in [0, 0.05) is 31.6 Å². The van der Waals surface area contributed by atoms with Crippen molar-refractivity contribution in [1.29, 1.82) is 0 Å². The number of carbonyl (C=O) groups is 2. The fourth-order valence-electron chi connectivity index (χ4n) is 2.01. The lowest BCUT2D eigenvalue weighted by Gasteiger charge is -2.18. The molecule has 0 aliphatic carbocycles. The summed E-state index contributed by atoms with van der Waals surface area (Å²) < 4.78 is 0. The zero-order valence-corrected chi connectivity index (χ0v) is 12.8. The zero-order valence-electron chi connectivity index (χ0n) is 12.0. The minimum Gasteiger partial charge on any atom is -0.480 e. The standard InChI is InChI=1S/C15H18N2O3S/c1-16(2)12-6-3-11(4-7-12)5-8-14(18)17-10-21-9-13(17)15(19)20/h3-8,13H,9-10H2,1-2H3,(H,19,20)/b8-5+/t13-/m0/s1. The summed E-state index contributed by atoms with van der Waals surface area (Å²) in [6, 6.07) is 7.06. The first-order chi connectivity index (χ1) is 9.99. The van der Waals surface area contributed by atoms with Gasteiger partial charge in [-0.15, -0.1) is 11.8 Å². The average Bonchev–Trinajstić information content (AvgIpc) is 2.95. The molecule has 0 spiro atoms. The third-order valence-electron chi connectivity index (χ3n) is 3.28. The predicted octanol–water partition coefficient (Wildman–Crippen LogP) is 1.75. The number of carbonyl (C=O) groups excluding carboxylic acids is 1. The molecule has 1 aromatic rings. The van der Waals surface area contributed by atoms with Gasteiger partial charge in [-0.2, -0.15) is 0 Å². The lowest BCUT2D eigenvalue weighted by atomic mass is 10.2. The van der Waals surface area contributed by atoms with Crippen LogP contribution in [0.1, 0.15) is 5.56 Å². The number of aliphatic carboxylic acids is 1. The van der Waals surface area contributed by atoms with Crippen LogP contribution in [-0.2, 0) is 9.59 Å². The molecule has 1 atom stereocenters. The second-order valence-corrected chi connectivity index (χ2v) is 5.98. The van der Waals surface area contributed by atoms with E-state index in [4.69, 9.17) is 5.11 Å². The minimum atomic E-state index is -0.947. The predicted molar refractivity (Wildman–Crippen MR) is 85.4 cm³/mol. The Morgan fingerprint density at radius 3 is 2.57 bits per heavy atom. The Morgan fingerprint density at radius 2 is 2.00 bits per heavy atom. The number of anilines is 1. The molecule has 2 rings (SSSR count). The Balaban J connectivity index is 2.03. The van der Waals surface area contributed by atoms with E-state index in [2.05, 4.69) is 0 Å². The number of thioether (sulfide) groups is 1. The molecule has 0 bridgehead atoms. The van der Waals surface area contributed by atoms with Crippen LogP contribution in [0.5, 0.6) is 0 Å². The minimum absolute atomic E-state index is 0.260. The summed E-state index contributed by atoms with van der Waals surface area (Å²) in [6.45, 7) is 0. The Kier molecular flexibility index (Phi) is 4.90. The zero-order chi connectivity index (χ0) is 15.4. The number of rotatable bonds is 4. The number of benzene rings is 1. The Hall–Kier alpha value is -1.95. The lowest BCUT2D eigenvalue weighted by Crippen LogP contribution is -2.40. The second kappa shape index (κ2) is 6.67. The van der Waals surface area contributed by atoms with Crippen LogP contribution >= 0.6 is 11.8 Å². The smallest absolute Gasteiger partial charge is 0.327 e. The average molecular weight is 306 g/mol. The van der Waals surface area contributed by atoms with Gasteiger partial charge in [0.05, 0.1) is 5.88 Å². The van der Waals surface area contributed by atoms with Gasteiger partial charge in [0.1, 0.15) is 6.04 Å². The Bertz CT molecular complexity index is 555. The van der Waals surface area contributed by atoms with Gasteiger partial charge in [0.2, 0.25) is 5.91 Å². The summed E-state index contributed by atoms with van der Waals surface area (Å²) in [5.41, 5.74) is 1.99. The van der Waals surface area contributed by atoms with Crippen LogP contribution in [0, 0.1) is 0 Å². The molecular weight excluding hydrogens is 288 g/mol. The molecule has 21 heavy (non-hydrogen) atoms. The Labute approximate surface area is 128 Å². The highest BCUT2D eigenvalue weighted by molar-refractivity contribution is 7.99. The summed E-state index contributed by atoms with van der Waals surface area (Å²) >= 11 is 1.46. The molecule has 1 N–H and O–H groups in total. The number of carboxylic acids is 1. The Morgan fingerprint density at radius 1 is 1.33 bits per heavy atom. The monoisotopic (exact) mass is 306 g/mol. The summed E-state index contributed by atoms with van der Waals surface area (Å²) in [7, 11) is 3.93. The van der Waals surface area contributed by atoms with E-state index < -0.39 is 12.0 Å². The molecule has 1 aromatic carbocycles. The van der Waals surface area contributed by atoms with Gasteiger partial charge in [-0.05, 0) is 23.8 Å². The highest BCUT2D eigenvalue weighted by atomic mass is 32.2. The molecule has 1 amide bonds. The van der Waals surface area contributed by atoms with E-state index in [-0.39, 0.29) is 5.91 Å². The molecule has 0 unspecified atom stereocenters. The molecule has 1 heterocycles. The molecule has 1 saturated heterocycles. The highest BCUT2D eigenvalue weighted by Gasteiger charge is 2.33. The van der Waals surface area contributed by atoms with Crippen molar-refractivity contribution in [2.24, 2.45) is 0 Å². The maximum atomic E-state index is 12.1. The van der Waals surface area contributed by atoms with Gasteiger partial charge in [-0.1, -0.05) is 12.1 Å². The fraction of sp³-hybridized carbons (Fsp3) is 0.333. The van der Waals surface area contributed by atoms with Crippen molar-refractivity contribution in [3.63, 3.8) is 0 Å². The van der Waals surface area contributed by atoms with Crippen LogP contribution in [-0.4, -0.2) is 53.6 Å². The number of amides is 1. The van der Waals surface area contributed by atoms with Crippen molar-refractivity contribution < 1.29 is 14.7 Å². The van der Waals surface area contributed by atoms with Crippen LogP contribution in [0.4, 0.5) is 5.69 Å². The van der Waals surface area contributed by atoms with Gasteiger partial charge in [0.25, 0.3) is 0 Å². The third-order valence-corrected chi connectivity index (χ3v) is 4.29. The van der Waals surface area contributed by atoms with E-state index in [9.17, 15) is 9.59 Å². The van der Waals surface area contributed by atoms with Crippen LogP contribution in [0.15, 0.2) is 30.3 Å². The summed E-state index contributed by atoms with van der Waals surface area (Å²) in [6.07, 6.45) is 3.15. The van der Waals surface area contributed by atoms with Crippen LogP contribution in [0.25, 0.3) is 6.08 Å². The molecule has 1 aliphatic rings. The second-order valence-electron chi connectivity index (χ2n) is 4.98. The third kappa shape index (κ3) is 3.78. The van der Waals surface area contributed by atoms with Crippen molar-refractivity contribution in [1.82, 2.24) is 4.90 Å². The fourth-order valence-corrected chi connectivity index (χ4v) is 3.17. The largest absolute Gasteiger partial charge is 0.480 e. The van der Waals surface area contributed by atoms with Gasteiger partial charge in [-0.25, -0.2) is 4.79 Å². The number of nitrogens with zero attached hydrogens (tertiary/aromatic N) is 2. The summed E-state index contributed by atoms with van der Waals surface area (Å²) in [4.78, 5) is 26.5. The van der Waals surface area contributed by atoms with E-state index in [0.29, 0.717) is 11.6 Å². The topological polar surface area (TPSA) is 60.9 Å². The SMILES string of the molecule is CN(C)c1ccc(/C=C/C(=O)N2CSC[C@H]2C(=O)O)cc1. The van der Waals surface area contributed by atoms with E-state index in [1.807, 2.05) is 43.3 Å². The van der Waals surface area contributed by atoms with Crippen molar-refractivity contribution >= 4 is 35.4 Å². The van der Waals surface area contributed by atoms with Crippen molar-refractivity contribution in [2.45, 2.75) is 6.04 Å². The lowest BCUT2D eigenvalue weighted by molar-refractivity contribution is -0.146. The van der Waals surface area contributed by atoms with Crippen molar-refractivity contribution in [3.8, 4) is 0 Å². The van der Waals surface area contributed by atoms with Crippen LogP contribution in [0.3, 0.4) is 0 Å². The van der Waals surface area contributed by atoms with Gasteiger partial charge >= 0.3 is 5.97 Å². The summed E-state index contributed by atoms with van der Waals surface area (Å²) in [5.74, 6) is -0.326. The van der Waals surface area contributed by atoms with Gasteiger partial charge in [0.15, 0.2) is 0 Å². The number of carboxylic acid groups (broad SMARTS) is 1. The number of hydrogen-bond donors (Lipinski definition) is 1.